The Morgan fingerprint density at radius 3 is 3.00 bits per heavy atom. The minimum atomic E-state index is 0.201. The van der Waals surface area contributed by atoms with Gasteiger partial charge in [0.05, 0.1) is 19.1 Å². The van der Waals surface area contributed by atoms with Crippen LogP contribution in [0.1, 0.15) is 62.6 Å². The lowest BCUT2D eigenvalue weighted by atomic mass is 9.80. The molecule has 1 aliphatic carbocycles. The summed E-state index contributed by atoms with van der Waals surface area (Å²) in [7, 11) is 1.95. The normalized spacial score (nSPS) is 34.5. The first kappa shape index (κ1) is 14.0. The van der Waals surface area contributed by atoms with Crippen LogP contribution in [0.15, 0.2) is 4.52 Å². The molecule has 1 saturated heterocycles. The summed E-state index contributed by atoms with van der Waals surface area (Å²) in [5.74, 6) is 3.18. The molecule has 0 radical (unpaired) electrons. The molecule has 5 nitrogen and oxygen atoms in total. The second-order valence-corrected chi connectivity index (χ2v) is 6.17. The van der Waals surface area contributed by atoms with Crippen LogP contribution in [-0.4, -0.2) is 36.4 Å². The number of hydrogen-bond donors (Lipinski definition) is 1. The Bertz CT molecular complexity index is 435. The van der Waals surface area contributed by atoms with Crippen LogP contribution in [0.5, 0.6) is 0 Å². The number of aromatic nitrogens is 2. The Morgan fingerprint density at radius 2 is 2.20 bits per heavy atom. The maximum absolute atomic E-state index is 5.52. The van der Waals surface area contributed by atoms with Crippen molar-refractivity contribution in [2.24, 2.45) is 5.92 Å². The molecule has 4 atom stereocenters. The van der Waals surface area contributed by atoms with E-state index in [4.69, 9.17) is 9.26 Å². The average molecular weight is 279 g/mol. The predicted octanol–water partition coefficient (Wildman–Crippen LogP) is 2.46. The summed E-state index contributed by atoms with van der Waals surface area (Å²) >= 11 is 0. The standard InChI is InChI=1S/C15H25N3O2/c1-3-10-5-4-6-11(7-10)14-17-15(20-18-14)12-8-19-9-13(12)16-2/h10-13,16H,3-9H2,1-2H3. The quantitative estimate of drug-likeness (QED) is 0.917. The molecule has 5 heteroatoms. The molecule has 2 fully saturated rings. The highest BCUT2D eigenvalue weighted by Gasteiger charge is 2.34. The summed E-state index contributed by atoms with van der Waals surface area (Å²) in [4.78, 5) is 4.69. The highest BCUT2D eigenvalue weighted by Crippen LogP contribution is 2.37. The zero-order chi connectivity index (χ0) is 13.9. The second-order valence-electron chi connectivity index (χ2n) is 6.17. The van der Waals surface area contributed by atoms with E-state index in [0.29, 0.717) is 12.5 Å². The fraction of sp³-hybridized carbons (Fsp3) is 0.867. The van der Waals surface area contributed by atoms with Crippen molar-refractivity contribution in [3.05, 3.63) is 11.7 Å². The van der Waals surface area contributed by atoms with Gasteiger partial charge in [0.15, 0.2) is 5.82 Å². The van der Waals surface area contributed by atoms with Crippen LogP contribution in [0.2, 0.25) is 0 Å². The minimum absolute atomic E-state index is 0.201. The molecule has 1 saturated carbocycles. The summed E-state index contributed by atoms with van der Waals surface area (Å²) in [6.07, 6.45) is 6.33. The number of hydrogen-bond acceptors (Lipinski definition) is 5. The molecule has 0 bridgehead atoms. The van der Waals surface area contributed by atoms with Gasteiger partial charge in [-0.3, -0.25) is 0 Å². The van der Waals surface area contributed by atoms with Crippen LogP contribution in [0.3, 0.4) is 0 Å². The minimum Gasteiger partial charge on any atom is -0.379 e. The third-order valence-electron chi connectivity index (χ3n) is 4.95. The third kappa shape index (κ3) is 2.74. The third-order valence-corrected chi connectivity index (χ3v) is 4.95. The molecule has 1 N–H and O–H groups in total. The van der Waals surface area contributed by atoms with Gasteiger partial charge in [0.25, 0.3) is 0 Å². The van der Waals surface area contributed by atoms with Gasteiger partial charge >= 0.3 is 0 Å². The molecule has 4 unspecified atom stereocenters. The number of ether oxygens (including phenoxy) is 1. The molecule has 0 amide bonds. The van der Waals surface area contributed by atoms with Gasteiger partial charge in [-0.1, -0.05) is 31.3 Å². The molecule has 2 aliphatic rings. The molecule has 2 heterocycles. The average Bonchev–Trinajstić information content (AvgIpc) is 3.15. The van der Waals surface area contributed by atoms with E-state index in [0.717, 1.165) is 24.2 Å². The van der Waals surface area contributed by atoms with Crippen molar-refractivity contribution in [3.8, 4) is 0 Å². The monoisotopic (exact) mass is 279 g/mol. The second kappa shape index (κ2) is 6.22. The van der Waals surface area contributed by atoms with Crippen molar-refractivity contribution in [3.63, 3.8) is 0 Å². The molecule has 20 heavy (non-hydrogen) atoms. The first-order chi connectivity index (χ1) is 9.81. The van der Waals surface area contributed by atoms with Crippen LogP contribution in [-0.2, 0) is 4.74 Å². The summed E-state index contributed by atoms with van der Waals surface area (Å²) in [6.45, 7) is 3.68. The topological polar surface area (TPSA) is 60.2 Å². The molecule has 3 rings (SSSR count). The molecule has 1 aromatic heterocycles. The Balaban J connectivity index is 1.70. The largest absolute Gasteiger partial charge is 0.379 e. The first-order valence-electron chi connectivity index (χ1n) is 7.90. The lowest BCUT2D eigenvalue weighted by Gasteiger charge is -2.26. The lowest BCUT2D eigenvalue weighted by Crippen LogP contribution is -2.31. The van der Waals surface area contributed by atoms with Gasteiger partial charge in [-0.15, -0.1) is 0 Å². The summed E-state index contributed by atoms with van der Waals surface area (Å²) in [5.41, 5.74) is 0. The van der Waals surface area contributed by atoms with E-state index in [1.807, 2.05) is 7.05 Å². The Kier molecular flexibility index (Phi) is 4.36. The van der Waals surface area contributed by atoms with Gasteiger partial charge in [0, 0.05) is 12.0 Å². The van der Waals surface area contributed by atoms with Gasteiger partial charge in [0.2, 0.25) is 5.89 Å². The molecule has 1 aliphatic heterocycles. The summed E-state index contributed by atoms with van der Waals surface area (Å²) in [5, 5.41) is 7.52. The van der Waals surface area contributed by atoms with Gasteiger partial charge in [-0.05, 0) is 25.8 Å². The fourth-order valence-electron chi connectivity index (χ4n) is 3.54. The number of likely N-dealkylation sites (N-methyl/N-ethyl adjacent to an activating group) is 1. The van der Waals surface area contributed by atoms with Crippen molar-refractivity contribution in [2.45, 2.75) is 56.9 Å². The lowest BCUT2D eigenvalue weighted by molar-refractivity contribution is 0.185. The molecule has 1 aromatic rings. The van der Waals surface area contributed by atoms with Crippen molar-refractivity contribution < 1.29 is 9.26 Å². The smallest absolute Gasteiger partial charge is 0.233 e. The SMILES string of the molecule is CCC1CCCC(c2noc(C3COCC3NC)n2)C1. The maximum atomic E-state index is 5.52. The van der Waals surface area contributed by atoms with E-state index in [2.05, 4.69) is 22.4 Å². The van der Waals surface area contributed by atoms with Crippen LogP contribution in [0.25, 0.3) is 0 Å². The Hall–Kier alpha value is -0.940. The van der Waals surface area contributed by atoms with E-state index in [9.17, 15) is 0 Å². The Labute approximate surface area is 120 Å². The van der Waals surface area contributed by atoms with Crippen LogP contribution < -0.4 is 5.32 Å². The van der Waals surface area contributed by atoms with E-state index >= 15 is 0 Å². The van der Waals surface area contributed by atoms with Gasteiger partial charge in [-0.2, -0.15) is 4.98 Å². The highest BCUT2D eigenvalue weighted by molar-refractivity contribution is 5.05. The van der Waals surface area contributed by atoms with Gasteiger partial charge < -0.3 is 14.6 Å². The van der Waals surface area contributed by atoms with Crippen LogP contribution in [0.4, 0.5) is 0 Å². The van der Waals surface area contributed by atoms with Crippen LogP contribution in [0, 0.1) is 5.92 Å². The first-order valence-corrected chi connectivity index (χ1v) is 7.90. The maximum Gasteiger partial charge on any atom is 0.233 e. The Morgan fingerprint density at radius 1 is 1.30 bits per heavy atom. The summed E-state index contributed by atoms with van der Waals surface area (Å²) in [6, 6.07) is 0.290. The van der Waals surface area contributed by atoms with E-state index in [1.54, 1.807) is 0 Å². The highest BCUT2D eigenvalue weighted by atomic mass is 16.5. The van der Waals surface area contributed by atoms with E-state index in [-0.39, 0.29) is 12.0 Å². The molecule has 112 valence electrons. The summed E-state index contributed by atoms with van der Waals surface area (Å²) < 4.78 is 11.0. The molecule has 0 spiro atoms. The fourth-order valence-corrected chi connectivity index (χ4v) is 3.54. The molecular weight excluding hydrogens is 254 g/mol. The van der Waals surface area contributed by atoms with Crippen molar-refractivity contribution in [1.29, 1.82) is 0 Å². The van der Waals surface area contributed by atoms with Crippen molar-refractivity contribution >= 4 is 0 Å². The van der Waals surface area contributed by atoms with Gasteiger partial charge in [0.1, 0.15) is 0 Å². The molecule has 0 aromatic carbocycles. The predicted molar refractivity (Wildman–Crippen MR) is 75.7 cm³/mol. The van der Waals surface area contributed by atoms with Crippen molar-refractivity contribution in [1.82, 2.24) is 15.5 Å². The van der Waals surface area contributed by atoms with Crippen LogP contribution >= 0.6 is 0 Å². The zero-order valence-corrected chi connectivity index (χ0v) is 12.5. The number of nitrogens with zero attached hydrogens (tertiary/aromatic N) is 2. The number of nitrogens with one attached hydrogen (secondary N) is 1. The number of rotatable bonds is 4. The van der Waals surface area contributed by atoms with E-state index in [1.165, 1.54) is 32.1 Å². The zero-order valence-electron chi connectivity index (χ0n) is 12.5. The van der Waals surface area contributed by atoms with Crippen molar-refractivity contribution in [2.75, 3.05) is 20.3 Å². The molecular formula is C15H25N3O2. The van der Waals surface area contributed by atoms with E-state index < -0.39 is 0 Å². The van der Waals surface area contributed by atoms with Gasteiger partial charge in [-0.25, -0.2) is 0 Å².